The first-order chi connectivity index (χ1) is 9.86. The fraction of sp³-hybridized carbons (Fsp3) is 0.500. The Morgan fingerprint density at radius 1 is 1.05 bits per heavy atom. The van der Waals surface area contributed by atoms with Gasteiger partial charge in [0.25, 0.3) is 0 Å². The predicted molar refractivity (Wildman–Crippen MR) is 80.5 cm³/mol. The second-order valence-corrected chi connectivity index (χ2v) is 5.47. The number of methoxy groups -OCH3 is 3. The Morgan fingerprint density at radius 2 is 1.62 bits per heavy atom. The van der Waals surface area contributed by atoms with Gasteiger partial charge in [-0.15, -0.1) is 0 Å². The highest BCUT2D eigenvalue weighted by atomic mass is 16.5. The van der Waals surface area contributed by atoms with E-state index in [0.29, 0.717) is 28.6 Å². The highest BCUT2D eigenvalue weighted by Crippen LogP contribution is 2.53. The summed E-state index contributed by atoms with van der Waals surface area (Å²) in [7, 11) is 4.63. The van der Waals surface area contributed by atoms with Crippen LogP contribution in [0.15, 0.2) is 6.08 Å². The molecule has 2 rings (SSSR count). The van der Waals surface area contributed by atoms with E-state index in [2.05, 4.69) is 0 Å². The molecule has 1 aliphatic heterocycles. The van der Waals surface area contributed by atoms with Crippen molar-refractivity contribution in [2.75, 3.05) is 21.3 Å². The van der Waals surface area contributed by atoms with Gasteiger partial charge in [0.15, 0.2) is 11.5 Å². The Balaban J connectivity index is 2.84. The van der Waals surface area contributed by atoms with Crippen molar-refractivity contribution in [2.24, 2.45) is 0 Å². The van der Waals surface area contributed by atoms with E-state index in [1.807, 2.05) is 26.0 Å². The van der Waals surface area contributed by atoms with Gasteiger partial charge in [0.05, 0.1) is 38.6 Å². The number of rotatable bonds is 4. The average Bonchev–Trinajstić information content (AvgIpc) is 2.43. The summed E-state index contributed by atoms with van der Waals surface area (Å²) in [5.74, 6) is 1.98. The van der Waals surface area contributed by atoms with Gasteiger partial charge in [-0.05, 0) is 32.9 Å². The molecule has 0 radical (unpaired) electrons. The summed E-state index contributed by atoms with van der Waals surface area (Å²) >= 11 is 0. The Kier molecular flexibility index (Phi) is 4.05. The zero-order valence-corrected chi connectivity index (χ0v) is 13.3. The Morgan fingerprint density at radius 3 is 2.10 bits per heavy atom. The number of benzene rings is 1. The van der Waals surface area contributed by atoms with Crippen molar-refractivity contribution >= 4 is 6.08 Å². The van der Waals surface area contributed by atoms with Crippen LogP contribution >= 0.6 is 0 Å². The minimum Gasteiger partial charge on any atom is -0.495 e. The van der Waals surface area contributed by atoms with Gasteiger partial charge in [0, 0.05) is 0 Å². The summed E-state index contributed by atoms with van der Waals surface area (Å²) in [5, 5.41) is 10.1. The molecule has 1 aromatic rings. The van der Waals surface area contributed by atoms with E-state index in [9.17, 15) is 5.11 Å². The lowest BCUT2D eigenvalue weighted by molar-refractivity contribution is 0.147. The lowest BCUT2D eigenvalue weighted by Gasteiger charge is -2.32. The van der Waals surface area contributed by atoms with E-state index in [-0.39, 0.29) is 0 Å². The molecule has 1 aromatic carbocycles. The van der Waals surface area contributed by atoms with Crippen LogP contribution in [-0.2, 0) is 0 Å². The average molecular weight is 294 g/mol. The molecule has 1 unspecified atom stereocenters. The van der Waals surface area contributed by atoms with Crippen LogP contribution in [0.1, 0.15) is 38.0 Å². The topological polar surface area (TPSA) is 57.2 Å². The molecule has 0 spiro atoms. The molecule has 1 aliphatic rings. The zero-order valence-electron chi connectivity index (χ0n) is 13.3. The maximum Gasteiger partial charge on any atom is 0.204 e. The third-order valence-corrected chi connectivity index (χ3v) is 3.44. The lowest BCUT2D eigenvalue weighted by Crippen LogP contribution is -2.28. The number of aliphatic hydroxyl groups excluding tert-OH is 1. The highest BCUT2D eigenvalue weighted by molar-refractivity contribution is 5.77. The highest BCUT2D eigenvalue weighted by Gasteiger charge is 2.33. The largest absolute Gasteiger partial charge is 0.495 e. The molecule has 1 N–H and O–H groups in total. The van der Waals surface area contributed by atoms with Gasteiger partial charge in [-0.25, -0.2) is 0 Å². The zero-order chi connectivity index (χ0) is 15.8. The van der Waals surface area contributed by atoms with E-state index in [4.69, 9.17) is 18.9 Å². The van der Waals surface area contributed by atoms with Crippen molar-refractivity contribution < 1.29 is 24.1 Å². The third-order valence-electron chi connectivity index (χ3n) is 3.44. The molecular weight excluding hydrogens is 272 g/mol. The molecule has 1 atom stereocenters. The van der Waals surface area contributed by atoms with Crippen molar-refractivity contribution in [1.29, 1.82) is 0 Å². The van der Waals surface area contributed by atoms with Crippen LogP contribution in [0.2, 0.25) is 0 Å². The first kappa shape index (κ1) is 15.5. The molecule has 5 heteroatoms. The van der Waals surface area contributed by atoms with E-state index < -0.39 is 11.7 Å². The van der Waals surface area contributed by atoms with Crippen molar-refractivity contribution in [3.8, 4) is 23.0 Å². The van der Waals surface area contributed by atoms with Crippen LogP contribution in [0.4, 0.5) is 0 Å². The SMILES string of the molecule is COc1c2c(c(OC)c(C(C)O)c1OC)C=CC(C)(C)O2. The molecule has 116 valence electrons. The summed E-state index contributed by atoms with van der Waals surface area (Å²) in [4.78, 5) is 0. The van der Waals surface area contributed by atoms with Crippen molar-refractivity contribution in [3.05, 3.63) is 17.2 Å². The Labute approximate surface area is 125 Å². The van der Waals surface area contributed by atoms with Gasteiger partial charge < -0.3 is 24.1 Å². The number of fused-ring (bicyclic) bond motifs is 1. The van der Waals surface area contributed by atoms with E-state index >= 15 is 0 Å². The molecule has 0 bridgehead atoms. The minimum absolute atomic E-state index is 0.425. The van der Waals surface area contributed by atoms with Gasteiger partial charge in [-0.3, -0.25) is 0 Å². The summed E-state index contributed by atoms with van der Waals surface area (Å²) in [6, 6.07) is 0. The van der Waals surface area contributed by atoms with Crippen LogP contribution in [-0.4, -0.2) is 32.0 Å². The molecule has 1 heterocycles. The molecule has 0 saturated carbocycles. The second kappa shape index (κ2) is 5.48. The Hall–Kier alpha value is -1.88. The second-order valence-electron chi connectivity index (χ2n) is 5.47. The molecule has 0 amide bonds. The van der Waals surface area contributed by atoms with E-state index in [1.54, 1.807) is 21.1 Å². The van der Waals surface area contributed by atoms with Gasteiger partial charge in [0.2, 0.25) is 5.75 Å². The fourth-order valence-corrected chi connectivity index (χ4v) is 2.52. The molecule has 0 fully saturated rings. The molecular formula is C16H22O5. The van der Waals surface area contributed by atoms with Gasteiger partial charge >= 0.3 is 0 Å². The van der Waals surface area contributed by atoms with Crippen LogP contribution < -0.4 is 18.9 Å². The summed E-state index contributed by atoms with van der Waals surface area (Å²) in [6.45, 7) is 5.56. The summed E-state index contributed by atoms with van der Waals surface area (Å²) in [5.41, 5.74) is 0.830. The molecule has 21 heavy (non-hydrogen) atoms. The van der Waals surface area contributed by atoms with Crippen molar-refractivity contribution in [3.63, 3.8) is 0 Å². The molecule has 0 aliphatic carbocycles. The third kappa shape index (κ3) is 2.53. The van der Waals surface area contributed by atoms with Crippen LogP contribution in [0.5, 0.6) is 23.0 Å². The molecule has 0 saturated heterocycles. The lowest BCUT2D eigenvalue weighted by atomic mass is 9.96. The van der Waals surface area contributed by atoms with Crippen LogP contribution in [0, 0.1) is 0 Å². The normalized spacial score (nSPS) is 16.7. The minimum atomic E-state index is -0.766. The van der Waals surface area contributed by atoms with Crippen molar-refractivity contribution in [1.82, 2.24) is 0 Å². The quantitative estimate of drug-likeness (QED) is 0.925. The number of hydrogen-bond acceptors (Lipinski definition) is 5. The number of aliphatic hydroxyl groups is 1. The standard InChI is InChI=1S/C16H22O5/c1-9(17)11-12(18-4)10-7-8-16(2,3)21-13(10)15(20-6)14(11)19-5/h7-9,17H,1-6H3. The first-order valence-electron chi connectivity index (χ1n) is 6.78. The molecule has 0 aromatic heterocycles. The maximum absolute atomic E-state index is 10.1. The molecule has 5 nitrogen and oxygen atoms in total. The van der Waals surface area contributed by atoms with E-state index in [0.717, 1.165) is 5.56 Å². The monoisotopic (exact) mass is 294 g/mol. The van der Waals surface area contributed by atoms with Gasteiger partial charge in [-0.2, -0.15) is 0 Å². The van der Waals surface area contributed by atoms with E-state index in [1.165, 1.54) is 7.11 Å². The fourth-order valence-electron chi connectivity index (χ4n) is 2.52. The van der Waals surface area contributed by atoms with Gasteiger partial charge in [0.1, 0.15) is 11.4 Å². The van der Waals surface area contributed by atoms with Gasteiger partial charge in [-0.1, -0.05) is 0 Å². The summed E-state index contributed by atoms with van der Waals surface area (Å²) < 4.78 is 22.4. The summed E-state index contributed by atoms with van der Waals surface area (Å²) in [6.07, 6.45) is 3.10. The smallest absolute Gasteiger partial charge is 0.204 e. The maximum atomic E-state index is 10.1. The van der Waals surface area contributed by atoms with Crippen molar-refractivity contribution in [2.45, 2.75) is 32.5 Å². The predicted octanol–water partition coefficient (Wildman–Crippen LogP) is 2.95. The number of hydrogen-bond donors (Lipinski definition) is 1. The number of ether oxygens (including phenoxy) is 4. The van der Waals surface area contributed by atoms with Crippen LogP contribution in [0.25, 0.3) is 6.08 Å². The Bertz CT molecular complexity index is 573. The van der Waals surface area contributed by atoms with Crippen LogP contribution in [0.3, 0.4) is 0 Å². The first-order valence-corrected chi connectivity index (χ1v) is 6.78.